The Kier molecular flexibility index (Phi) is 9.06. The Morgan fingerprint density at radius 2 is 0.885 bits per heavy atom. The molecule has 26 heavy (non-hydrogen) atoms. The molecule has 0 saturated heterocycles. The summed E-state index contributed by atoms with van der Waals surface area (Å²) in [7, 11) is 0. The van der Waals surface area contributed by atoms with Crippen LogP contribution >= 0.6 is 0 Å². The molecule has 4 heteroatoms. The molecule has 156 valence electrons. The fourth-order valence-electron chi connectivity index (χ4n) is 3.67. The van der Waals surface area contributed by atoms with Gasteiger partial charge in [0.25, 0.3) is 0 Å². The van der Waals surface area contributed by atoms with Crippen LogP contribution in [0.15, 0.2) is 0 Å². The average molecular weight is 373 g/mol. The van der Waals surface area contributed by atoms with Gasteiger partial charge in [0.05, 0.1) is 0 Å². The zero-order valence-electron chi connectivity index (χ0n) is 18.7. The Labute approximate surface area is 162 Å². The molecular formula is C22H44O4. The molecule has 1 fully saturated rings. The van der Waals surface area contributed by atoms with Crippen LogP contribution in [0.25, 0.3) is 0 Å². The van der Waals surface area contributed by atoms with Crippen molar-refractivity contribution < 1.29 is 19.6 Å². The van der Waals surface area contributed by atoms with Gasteiger partial charge in [-0.05, 0) is 56.8 Å². The highest BCUT2D eigenvalue weighted by Crippen LogP contribution is 2.45. The minimum Gasteiger partial charge on any atom is -0.227 e. The molecule has 0 bridgehead atoms. The van der Waals surface area contributed by atoms with E-state index >= 15 is 0 Å². The summed E-state index contributed by atoms with van der Waals surface area (Å²) in [6.45, 7) is 17.5. The molecule has 0 aromatic rings. The van der Waals surface area contributed by atoms with Gasteiger partial charge in [-0.15, -0.1) is 0 Å². The van der Waals surface area contributed by atoms with Crippen molar-refractivity contribution in [2.24, 2.45) is 5.41 Å². The molecule has 0 N–H and O–H groups in total. The van der Waals surface area contributed by atoms with Gasteiger partial charge in [0, 0.05) is 12.8 Å². The normalized spacial score (nSPS) is 20.3. The molecule has 0 aliphatic heterocycles. The van der Waals surface area contributed by atoms with Crippen molar-refractivity contribution in [3.63, 3.8) is 0 Å². The molecule has 0 spiro atoms. The van der Waals surface area contributed by atoms with E-state index in [-0.39, 0.29) is 11.2 Å². The predicted molar refractivity (Wildman–Crippen MR) is 107 cm³/mol. The molecular weight excluding hydrogens is 328 g/mol. The topological polar surface area (TPSA) is 36.9 Å². The van der Waals surface area contributed by atoms with Crippen molar-refractivity contribution in [2.75, 3.05) is 0 Å². The summed E-state index contributed by atoms with van der Waals surface area (Å²) in [6.07, 6.45) is 9.19. The first-order chi connectivity index (χ1) is 12.2. The van der Waals surface area contributed by atoms with E-state index in [1.165, 1.54) is 0 Å². The minimum absolute atomic E-state index is 0.249. The van der Waals surface area contributed by atoms with E-state index in [4.69, 9.17) is 19.6 Å². The molecule has 0 atom stereocenters. The van der Waals surface area contributed by atoms with Crippen LogP contribution in [0.4, 0.5) is 0 Å². The van der Waals surface area contributed by atoms with Gasteiger partial charge >= 0.3 is 0 Å². The third-order valence-electron chi connectivity index (χ3n) is 6.97. The molecule has 0 radical (unpaired) electrons. The summed E-state index contributed by atoms with van der Waals surface area (Å²) in [5.41, 5.74) is -0.188. The number of rotatable bonds is 12. The lowest BCUT2D eigenvalue weighted by molar-refractivity contribution is -0.554. The zero-order chi connectivity index (χ0) is 19.9. The van der Waals surface area contributed by atoms with Crippen LogP contribution in [0.5, 0.6) is 0 Å². The van der Waals surface area contributed by atoms with Gasteiger partial charge in [-0.1, -0.05) is 55.4 Å². The van der Waals surface area contributed by atoms with Gasteiger partial charge in [-0.25, -0.2) is 9.78 Å². The van der Waals surface area contributed by atoms with Crippen LogP contribution in [0, 0.1) is 5.41 Å². The first kappa shape index (κ1) is 23.9. The molecule has 0 aromatic carbocycles. The molecule has 1 aliphatic carbocycles. The Morgan fingerprint density at radius 1 is 0.577 bits per heavy atom. The van der Waals surface area contributed by atoms with Gasteiger partial charge in [0.15, 0.2) is 0 Å². The Balaban J connectivity index is 2.90. The van der Waals surface area contributed by atoms with E-state index in [1.807, 2.05) is 0 Å². The monoisotopic (exact) mass is 372 g/mol. The number of hydrogen-bond acceptors (Lipinski definition) is 4. The molecule has 4 nitrogen and oxygen atoms in total. The molecule has 1 saturated carbocycles. The van der Waals surface area contributed by atoms with E-state index in [0.717, 1.165) is 64.2 Å². The predicted octanol–water partition coefficient (Wildman–Crippen LogP) is 7.12. The molecule has 0 amide bonds. The summed E-state index contributed by atoms with van der Waals surface area (Å²) in [5.74, 6) is -0.801. The van der Waals surface area contributed by atoms with Crippen molar-refractivity contribution in [1.29, 1.82) is 0 Å². The highest BCUT2D eigenvalue weighted by molar-refractivity contribution is 4.84. The Bertz CT molecular complexity index is 344. The second-order valence-electron chi connectivity index (χ2n) is 8.90. The molecule has 0 aromatic heterocycles. The lowest BCUT2D eigenvalue weighted by atomic mass is 9.75. The highest BCUT2D eigenvalue weighted by Gasteiger charge is 2.46. The quantitative estimate of drug-likeness (QED) is 0.208. The maximum atomic E-state index is 6.08. The van der Waals surface area contributed by atoms with Gasteiger partial charge in [0.2, 0.25) is 5.79 Å². The zero-order valence-corrected chi connectivity index (χ0v) is 18.7. The van der Waals surface area contributed by atoms with E-state index in [2.05, 4.69) is 55.4 Å². The Morgan fingerprint density at radius 3 is 1.15 bits per heavy atom. The highest BCUT2D eigenvalue weighted by atomic mass is 17.3. The van der Waals surface area contributed by atoms with Crippen LogP contribution in [0.1, 0.15) is 120 Å². The van der Waals surface area contributed by atoms with Crippen LogP contribution in [-0.2, 0) is 19.6 Å². The molecule has 1 rings (SSSR count). The van der Waals surface area contributed by atoms with Crippen LogP contribution in [-0.4, -0.2) is 17.0 Å². The molecule has 1 aliphatic rings. The summed E-state index contributed by atoms with van der Waals surface area (Å²) in [4.78, 5) is 24.3. The van der Waals surface area contributed by atoms with E-state index in [1.54, 1.807) is 0 Å². The average Bonchev–Trinajstić information content (AvgIpc) is 2.67. The minimum atomic E-state index is -0.801. The van der Waals surface area contributed by atoms with Gasteiger partial charge < -0.3 is 0 Å². The summed E-state index contributed by atoms with van der Waals surface area (Å²) in [6, 6.07) is 0. The Hall–Kier alpha value is -0.160. The van der Waals surface area contributed by atoms with Crippen molar-refractivity contribution in [3.05, 3.63) is 0 Å². The van der Waals surface area contributed by atoms with E-state index < -0.39 is 5.79 Å². The maximum absolute atomic E-state index is 6.08. The standard InChI is InChI=1S/C22H44O4/c1-9-20(10-2,11-3)23-25-22(17-15-19(7,8)16-18-22)26-24-21(12-4,13-5)14-6/h9-18H2,1-8H3. The fraction of sp³-hybridized carbons (Fsp3) is 1.00. The maximum Gasteiger partial charge on any atom is 0.234 e. The lowest BCUT2D eigenvalue weighted by Crippen LogP contribution is -2.47. The first-order valence-corrected chi connectivity index (χ1v) is 10.9. The summed E-state index contributed by atoms with van der Waals surface area (Å²) >= 11 is 0. The van der Waals surface area contributed by atoms with Crippen molar-refractivity contribution in [1.82, 2.24) is 0 Å². The van der Waals surface area contributed by atoms with E-state index in [0.29, 0.717) is 5.41 Å². The fourth-order valence-corrected chi connectivity index (χ4v) is 3.67. The third-order valence-corrected chi connectivity index (χ3v) is 6.97. The second kappa shape index (κ2) is 9.86. The van der Waals surface area contributed by atoms with Crippen LogP contribution in [0.2, 0.25) is 0 Å². The summed E-state index contributed by atoms with van der Waals surface area (Å²) in [5, 5.41) is 0. The van der Waals surface area contributed by atoms with E-state index in [9.17, 15) is 0 Å². The van der Waals surface area contributed by atoms with Gasteiger partial charge in [-0.2, -0.15) is 9.78 Å². The second-order valence-corrected chi connectivity index (χ2v) is 8.90. The largest absolute Gasteiger partial charge is 0.234 e. The third kappa shape index (κ3) is 5.92. The van der Waals surface area contributed by atoms with Gasteiger partial charge in [0.1, 0.15) is 11.2 Å². The number of hydrogen-bond donors (Lipinski definition) is 0. The van der Waals surface area contributed by atoms with Crippen LogP contribution < -0.4 is 0 Å². The van der Waals surface area contributed by atoms with Crippen molar-refractivity contribution in [3.8, 4) is 0 Å². The van der Waals surface area contributed by atoms with Gasteiger partial charge in [-0.3, -0.25) is 0 Å². The van der Waals surface area contributed by atoms with Crippen molar-refractivity contribution >= 4 is 0 Å². The molecule has 0 heterocycles. The SMILES string of the molecule is CCC(CC)(CC)OOC1(OOC(CC)(CC)CC)CCC(C)(C)CC1. The molecule has 0 unspecified atom stereocenters. The smallest absolute Gasteiger partial charge is 0.227 e. The summed E-state index contributed by atoms with van der Waals surface area (Å²) < 4.78 is 0. The lowest BCUT2D eigenvalue weighted by Gasteiger charge is -2.44. The van der Waals surface area contributed by atoms with Crippen molar-refractivity contribution in [2.45, 2.75) is 137 Å². The first-order valence-electron chi connectivity index (χ1n) is 10.9. The van der Waals surface area contributed by atoms with Crippen LogP contribution in [0.3, 0.4) is 0 Å².